The van der Waals surface area contributed by atoms with Crippen LogP contribution in [0.2, 0.25) is 0 Å². The van der Waals surface area contributed by atoms with E-state index in [1.54, 1.807) is 48.5 Å². The lowest BCUT2D eigenvalue weighted by atomic mass is 10.2. The van der Waals surface area contributed by atoms with Crippen molar-refractivity contribution in [1.29, 1.82) is 0 Å². The van der Waals surface area contributed by atoms with Gasteiger partial charge in [0.05, 0.1) is 30.2 Å². The van der Waals surface area contributed by atoms with Gasteiger partial charge in [0.15, 0.2) is 0 Å². The molecule has 0 radical (unpaired) electrons. The second-order valence-electron chi connectivity index (χ2n) is 8.01. The molecule has 0 aliphatic rings. The van der Waals surface area contributed by atoms with Gasteiger partial charge >= 0.3 is 5.97 Å². The van der Waals surface area contributed by atoms with Crippen LogP contribution in [0.25, 0.3) is 0 Å². The smallest absolute Gasteiger partial charge is 0.343 e. The zero-order chi connectivity index (χ0) is 23.5. The molecule has 6 nitrogen and oxygen atoms in total. The normalized spacial score (nSPS) is 11.0. The van der Waals surface area contributed by atoms with Crippen molar-refractivity contribution >= 4 is 17.3 Å². The summed E-state index contributed by atoms with van der Waals surface area (Å²) in [5.74, 6) is 2.04. The van der Waals surface area contributed by atoms with Crippen molar-refractivity contribution in [1.82, 2.24) is 0 Å². The minimum atomic E-state index is -0.427. The van der Waals surface area contributed by atoms with Gasteiger partial charge in [0.1, 0.15) is 17.2 Å². The van der Waals surface area contributed by atoms with Crippen LogP contribution in [0.15, 0.2) is 83.0 Å². The number of ether oxygens (including phenoxy) is 3. The van der Waals surface area contributed by atoms with E-state index in [0.29, 0.717) is 36.1 Å². The Bertz CT molecular complexity index is 1030. The van der Waals surface area contributed by atoms with Crippen molar-refractivity contribution in [2.45, 2.75) is 33.6 Å². The molecule has 0 aromatic heterocycles. The van der Waals surface area contributed by atoms with E-state index in [9.17, 15) is 4.79 Å². The fraction of sp³-hybridized carbons (Fsp3) is 0.296. The van der Waals surface area contributed by atoms with Crippen LogP contribution < -0.4 is 14.2 Å². The van der Waals surface area contributed by atoms with E-state index in [2.05, 4.69) is 31.0 Å². The van der Waals surface area contributed by atoms with E-state index in [1.165, 1.54) is 0 Å². The summed E-state index contributed by atoms with van der Waals surface area (Å²) in [6.07, 6.45) is 2.07. The zero-order valence-corrected chi connectivity index (χ0v) is 19.4. The number of carbonyl (C=O) groups is 1. The molecular formula is C27H30N2O4. The molecule has 0 spiro atoms. The van der Waals surface area contributed by atoms with Gasteiger partial charge in [-0.3, -0.25) is 0 Å². The number of carbonyl (C=O) groups excluding carboxylic acids is 1. The number of azo groups is 1. The molecular weight excluding hydrogens is 416 g/mol. The quantitative estimate of drug-likeness (QED) is 0.132. The molecule has 0 aliphatic carbocycles. The average Bonchev–Trinajstić information content (AvgIpc) is 2.83. The molecule has 0 heterocycles. The second-order valence-corrected chi connectivity index (χ2v) is 8.01. The maximum absolute atomic E-state index is 12.4. The van der Waals surface area contributed by atoms with Gasteiger partial charge < -0.3 is 14.2 Å². The van der Waals surface area contributed by atoms with Gasteiger partial charge in [0.25, 0.3) is 0 Å². The number of hydrogen-bond donors (Lipinski definition) is 0. The summed E-state index contributed by atoms with van der Waals surface area (Å²) >= 11 is 0. The predicted molar refractivity (Wildman–Crippen MR) is 129 cm³/mol. The first-order valence-corrected chi connectivity index (χ1v) is 11.2. The molecule has 0 amide bonds. The first-order chi connectivity index (χ1) is 16.0. The molecule has 0 atom stereocenters. The van der Waals surface area contributed by atoms with E-state index in [1.807, 2.05) is 24.3 Å². The van der Waals surface area contributed by atoms with Gasteiger partial charge in [-0.2, -0.15) is 10.2 Å². The highest BCUT2D eigenvalue weighted by Crippen LogP contribution is 2.24. The van der Waals surface area contributed by atoms with Crippen LogP contribution in [0, 0.1) is 5.92 Å². The lowest BCUT2D eigenvalue weighted by Gasteiger charge is -2.08. The Labute approximate surface area is 195 Å². The van der Waals surface area contributed by atoms with E-state index >= 15 is 0 Å². The third kappa shape index (κ3) is 8.07. The Morgan fingerprint density at radius 1 is 0.758 bits per heavy atom. The third-order valence-corrected chi connectivity index (χ3v) is 4.60. The SMILES string of the molecule is CCCCOc1ccc(C(=O)Oc2ccc(N=Nc3ccc(OCC(C)C)cc3)cc2)cc1. The molecule has 172 valence electrons. The Balaban J connectivity index is 1.52. The molecule has 3 rings (SSSR count). The van der Waals surface area contributed by atoms with Gasteiger partial charge in [-0.1, -0.05) is 27.2 Å². The van der Waals surface area contributed by atoms with Crippen molar-refractivity contribution < 1.29 is 19.0 Å². The summed E-state index contributed by atoms with van der Waals surface area (Å²) in [6, 6.07) is 21.3. The summed E-state index contributed by atoms with van der Waals surface area (Å²) in [5, 5.41) is 8.46. The van der Waals surface area contributed by atoms with Gasteiger partial charge in [0, 0.05) is 0 Å². The average molecular weight is 447 g/mol. The van der Waals surface area contributed by atoms with Gasteiger partial charge in [-0.25, -0.2) is 4.79 Å². The van der Waals surface area contributed by atoms with E-state index < -0.39 is 5.97 Å². The molecule has 0 bridgehead atoms. The molecule has 0 saturated heterocycles. The molecule has 33 heavy (non-hydrogen) atoms. The van der Waals surface area contributed by atoms with Crippen LogP contribution in [-0.2, 0) is 0 Å². The summed E-state index contributed by atoms with van der Waals surface area (Å²) in [4.78, 5) is 12.4. The Hall–Kier alpha value is -3.67. The van der Waals surface area contributed by atoms with Crippen molar-refractivity contribution in [3.05, 3.63) is 78.4 Å². The number of benzene rings is 3. The van der Waals surface area contributed by atoms with Crippen LogP contribution in [0.1, 0.15) is 44.0 Å². The van der Waals surface area contributed by atoms with Gasteiger partial charge in [-0.05, 0) is 85.1 Å². The Morgan fingerprint density at radius 3 is 1.82 bits per heavy atom. The second kappa shape index (κ2) is 12.4. The molecule has 6 heteroatoms. The maximum Gasteiger partial charge on any atom is 0.343 e. The predicted octanol–water partition coefficient (Wildman–Crippen LogP) is 7.53. The number of hydrogen-bond acceptors (Lipinski definition) is 6. The first kappa shape index (κ1) is 24.0. The summed E-state index contributed by atoms with van der Waals surface area (Å²) < 4.78 is 16.7. The van der Waals surface area contributed by atoms with E-state index in [-0.39, 0.29) is 0 Å². The van der Waals surface area contributed by atoms with Crippen molar-refractivity contribution in [3.8, 4) is 17.2 Å². The molecule has 0 aliphatic heterocycles. The molecule has 0 unspecified atom stereocenters. The highest BCUT2D eigenvalue weighted by Gasteiger charge is 2.09. The minimum Gasteiger partial charge on any atom is -0.494 e. The number of rotatable bonds is 11. The van der Waals surface area contributed by atoms with E-state index in [4.69, 9.17) is 14.2 Å². The third-order valence-electron chi connectivity index (χ3n) is 4.60. The van der Waals surface area contributed by atoms with Crippen LogP contribution >= 0.6 is 0 Å². The van der Waals surface area contributed by atoms with Crippen molar-refractivity contribution in [2.24, 2.45) is 16.1 Å². The highest BCUT2D eigenvalue weighted by atomic mass is 16.5. The molecule has 0 saturated carbocycles. The summed E-state index contributed by atoms with van der Waals surface area (Å²) in [7, 11) is 0. The minimum absolute atomic E-state index is 0.427. The van der Waals surface area contributed by atoms with Crippen LogP contribution in [0.4, 0.5) is 11.4 Å². The van der Waals surface area contributed by atoms with Crippen LogP contribution in [0.5, 0.6) is 17.2 Å². The standard InChI is InChI=1S/C27H30N2O4/c1-4-5-18-31-24-12-6-21(7-13-24)27(30)33-26-16-10-23(11-17-26)29-28-22-8-14-25(15-9-22)32-19-20(2)3/h6-17,20H,4-5,18-19H2,1-3H3. The number of esters is 1. The summed E-state index contributed by atoms with van der Waals surface area (Å²) in [6.45, 7) is 7.67. The molecule has 0 fully saturated rings. The Morgan fingerprint density at radius 2 is 1.27 bits per heavy atom. The topological polar surface area (TPSA) is 69.5 Å². The maximum atomic E-state index is 12.4. The Kier molecular flexibility index (Phi) is 9.00. The lowest BCUT2D eigenvalue weighted by Crippen LogP contribution is -2.08. The van der Waals surface area contributed by atoms with Crippen molar-refractivity contribution in [3.63, 3.8) is 0 Å². The number of unbranched alkanes of at least 4 members (excludes halogenated alkanes) is 1. The van der Waals surface area contributed by atoms with E-state index in [0.717, 1.165) is 30.0 Å². The van der Waals surface area contributed by atoms with Crippen LogP contribution in [-0.4, -0.2) is 19.2 Å². The van der Waals surface area contributed by atoms with Gasteiger partial charge in [-0.15, -0.1) is 0 Å². The fourth-order valence-corrected chi connectivity index (χ4v) is 2.76. The summed E-state index contributed by atoms with van der Waals surface area (Å²) in [5.41, 5.74) is 1.84. The number of nitrogens with zero attached hydrogens (tertiary/aromatic N) is 2. The molecule has 3 aromatic carbocycles. The van der Waals surface area contributed by atoms with Crippen LogP contribution in [0.3, 0.4) is 0 Å². The van der Waals surface area contributed by atoms with Crippen molar-refractivity contribution in [2.75, 3.05) is 13.2 Å². The monoisotopic (exact) mass is 446 g/mol. The molecule has 0 N–H and O–H groups in total. The fourth-order valence-electron chi connectivity index (χ4n) is 2.76. The highest BCUT2D eigenvalue weighted by molar-refractivity contribution is 5.91. The molecule has 3 aromatic rings. The van der Waals surface area contributed by atoms with Gasteiger partial charge in [0.2, 0.25) is 0 Å². The zero-order valence-electron chi connectivity index (χ0n) is 19.4. The first-order valence-electron chi connectivity index (χ1n) is 11.2. The largest absolute Gasteiger partial charge is 0.494 e. The lowest BCUT2D eigenvalue weighted by molar-refractivity contribution is 0.0734.